The van der Waals surface area contributed by atoms with Crippen molar-refractivity contribution in [1.29, 1.82) is 0 Å². The fraction of sp³-hybridized carbons (Fsp3) is 0.538. The van der Waals surface area contributed by atoms with Gasteiger partial charge in [0, 0.05) is 32.1 Å². The van der Waals surface area contributed by atoms with Crippen LogP contribution in [0.1, 0.15) is 45.1 Å². The lowest BCUT2D eigenvalue weighted by molar-refractivity contribution is -0.137. The van der Waals surface area contributed by atoms with Crippen molar-refractivity contribution in [2.75, 3.05) is 37.7 Å². The molecular weight excluding hydrogens is 428 g/mol. The molecule has 0 atom stereocenters. The molecule has 1 saturated heterocycles. The van der Waals surface area contributed by atoms with Crippen molar-refractivity contribution in [3.05, 3.63) is 42.4 Å². The normalized spacial score (nSPS) is 21.1. The number of carbonyl (C=O) groups excluding carboxylic acids is 1. The van der Waals surface area contributed by atoms with Gasteiger partial charge in [-0.15, -0.1) is 0 Å². The average molecular weight is 463 g/mol. The lowest BCUT2D eigenvalue weighted by atomic mass is 9.82. The van der Waals surface area contributed by atoms with E-state index in [1.54, 1.807) is 6.33 Å². The maximum Gasteiger partial charge on any atom is 0.225 e. The molecule has 34 heavy (non-hydrogen) atoms. The van der Waals surface area contributed by atoms with Crippen LogP contribution in [0.5, 0.6) is 5.75 Å². The molecule has 5 rings (SSSR count). The van der Waals surface area contributed by atoms with Crippen LogP contribution in [-0.4, -0.2) is 63.3 Å². The van der Waals surface area contributed by atoms with Crippen molar-refractivity contribution in [3.63, 3.8) is 0 Å². The molecule has 0 bridgehead atoms. The van der Waals surface area contributed by atoms with E-state index in [0.29, 0.717) is 19.1 Å². The van der Waals surface area contributed by atoms with Crippen LogP contribution >= 0.6 is 0 Å². The predicted octanol–water partition coefficient (Wildman–Crippen LogP) is 3.75. The van der Waals surface area contributed by atoms with E-state index in [4.69, 9.17) is 4.74 Å². The number of ether oxygens (including phenoxy) is 1. The second-order valence-electron chi connectivity index (χ2n) is 9.59. The number of hydrogen-bond acceptors (Lipinski definition) is 6. The maximum atomic E-state index is 13.0. The number of carbonyl (C=O) groups is 1. The summed E-state index contributed by atoms with van der Waals surface area (Å²) in [6.07, 6.45) is 7.91. The monoisotopic (exact) mass is 462 g/mol. The van der Waals surface area contributed by atoms with Crippen molar-refractivity contribution in [2.45, 2.75) is 46.1 Å². The highest BCUT2D eigenvalue weighted by atomic mass is 16.5. The zero-order chi connectivity index (χ0) is 23.5. The average Bonchev–Trinajstić information content (AvgIpc) is 3.27. The minimum atomic E-state index is 0.216. The molecule has 3 aromatic rings. The minimum Gasteiger partial charge on any atom is -0.494 e. The van der Waals surface area contributed by atoms with Gasteiger partial charge in [0.25, 0.3) is 0 Å². The molecule has 8 heteroatoms. The van der Waals surface area contributed by atoms with Crippen LogP contribution in [-0.2, 0) is 11.3 Å². The predicted molar refractivity (Wildman–Crippen MR) is 132 cm³/mol. The Kier molecular flexibility index (Phi) is 6.65. The number of anilines is 1. The Balaban J connectivity index is 1.27. The van der Waals surface area contributed by atoms with Gasteiger partial charge in [0.2, 0.25) is 5.91 Å². The Hall–Kier alpha value is -3.16. The molecular formula is C26H34N6O2. The van der Waals surface area contributed by atoms with Crippen LogP contribution in [0.15, 0.2) is 36.8 Å². The topological polar surface area (TPSA) is 76.4 Å². The number of fused-ring (bicyclic) bond motifs is 1. The molecule has 0 radical (unpaired) electrons. The molecule has 0 spiro atoms. The van der Waals surface area contributed by atoms with E-state index in [-0.39, 0.29) is 5.92 Å². The number of amides is 1. The summed E-state index contributed by atoms with van der Waals surface area (Å²) in [5.74, 6) is 3.09. The van der Waals surface area contributed by atoms with Gasteiger partial charge in [0.15, 0.2) is 5.65 Å². The third-order valence-corrected chi connectivity index (χ3v) is 7.21. The van der Waals surface area contributed by atoms with Gasteiger partial charge in [-0.3, -0.25) is 4.79 Å². The second kappa shape index (κ2) is 9.99. The second-order valence-corrected chi connectivity index (χ2v) is 9.59. The number of benzene rings is 1. The summed E-state index contributed by atoms with van der Waals surface area (Å²) in [5, 5.41) is 5.56. The number of aromatic nitrogens is 4. The number of nitrogens with zero attached hydrogens (tertiary/aromatic N) is 6. The largest absolute Gasteiger partial charge is 0.494 e. The molecule has 1 aliphatic carbocycles. The molecule has 0 N–H and O–H groups in total. The van der Waals surface area contributed by atoms with Crippen LogP contribution in [0, 0.1) is 11.8 Å². The Morgan fingerprint density at radius 3 is 2.65 bits per heavy atom. The molecule has 180 valence electrons. The molecule has 0 unspecified atom stereocenters. The number of hydrogen-bond donors (Lipinski definition) is 0. The van der Waals surface area contributed by atoms with Gasteiger partial charge < -0.3 is 14.5 Å². The minimum absolute atomic E-state index is 0.216. The molecule has 2 aliphatic rings. The quantitative estimate of drug-likeness (QED) is 0.555. The highest BCUT2D eigenvalue weighted by Crippen LogP contribution is 2.30. The van der Waals surface area contributed by atoms with E-state index in [2.05, 4.69) is 37.9 Å². The lowest BCUT2D eigenvalue weighted by Gasteiger charge is -2.38. The van der Waals surface area contributed by atoms with Gasteiger partial charge in [-0.2, -0.15) is 5.10 Å². The molecule has 1 aromatic carbocycles. The Morgan fingerprint density at radius 1 is 1.09 bits per heavy atom. The summed E-state index contributed by atoms with van der Waals surface area (Å²) >= 11 is 0. The zero-order valence-electron chi connectivity index (χ0n) is 20.2. The van der Waals surface area contributed by atoms with Gasteiger partial charge in [-0.25, -0.2) is 14.6 Å². The lowest BCUT2D eigenvalue weighted by Crippen LogP contribution is -2.51. The Bertz CT molecular complexity index is 1130. The third kappa shape index (κ3) is 4.72. The summed E-state index contributed by atoms with van der Waals surface area (Å²) in [6, 6.07) is 8.08. The first-order chi connectivity index (χ1) is 16.6. The highest BCUT2D eigenvalue weighted by Gasteiger charge is 2.30. The maximum absolute atomic E-state index is 13.0. The molecule has 1 amide bonds. The fourth-order valence-electron chi connectivity index (χ4n) is 5.23. The molecule has 8 nitrogen and oxygen atoms in total. The summed E-state index contributed by atoms with van der Waals surface area (Å²) < 4.78 is 7.54. The van der Waals surface area contributed by atoms with Crippen LogP contribution in [0.4, 0.5) is 5.82 Å². The fourth-order valence-corrected chi connectivity index (χ4v) is 5.23. The van der Waals surface area contributed by atoms with Crippen LogP contribution < -0.4 is 9.64 Å². The highest BCUT2D eigenvalue weighted by molar-refractivity contribution is 5.87. The van der Waals surface area contributed by atoms with Gasteiger partial charge in [0.05, 0.1) is 24.7 Å². The van der Waals surface area contributed by atoms with Gasteiger partial charge in [0.1, 0.15) is 17.9 Å². The molecule has 3 heterocycles. The van der Waals surface area contributed by atoms with E-state index < -0.39 is 0 Å². The third-order valence-electron chi connectivity index (χ3n) is 7.21. The van der Waals surface area contributed by atoms with Gasteiger partial charge >= 0.3 is 0 Å². The van der Waals surface area contributed by atoms with Crippen LogP contribution in [0.25, 0.3) is 11.0 Å². The van der Waals surface area contributed by atoms with Gasteiger partial charge in [-0.1, -0.05) is 19.1 Å². The Labute approximate surface area is 200 Å². The van der Waals surface area contributed by atoms with Crippen LogP contribution in [0.3, 0.4) is 0 Å². The molecule has 1 aliphatic heterocycles. The summed E-state index contributed by atoms with van der Waals surface area (Å²) in [4.78, 5) is 26.5. The van der Waals surface area contributed by atoms with Crippen molar-refractivity contribution in [3.8, 4) is 5.75 Å². The van der Waals surface area contributed by atoms with Crippen molar-refractivity contribution >= 4 is 22.8 Å². The Morgan fingerprint density at radius 2 is 1.88 bits per heavy atom. The first-order valence-corrected chi connectivity index (χ1v) is 12.5. The van der Waals surface area contributed by atoms with Crippen molar-refractivity contribution < 1.29 is 9.53 Å². The van der Waals surface area contributed by atoms with Gasteiger partial charge in [-0.05, 0) is 56.2 Å². The standard InChI is InChI=1S/C26H34N6O2/c1-3-34-22-6-4-5-20(15-22)17-32-25-23(16-29-32)24(27-18-28-25)30-11-13-31(14-12-30)26(33)21-9-7-19(2)8-10-21/h4-6,15-16,18-19,21H,3,7-14,17H2,1-2H3. The van der Waals surface area contributed by atoms with Crippen molar-refractivity contribution in [1.82, 2.24) is 24.6 Å². The molecule has 2 aromatic heterocycles. The first kappa shape index (κ1) is 22.6. The number of piperazine rings is 1. The molecule has 1 saturated carbocycles. The smallest absolute Gasteiger partial charge is 0.225 e. The number of rotatable bonds is 6. The zero-order valence-corrected chi connectivity index (χ0v) is 20.2. The van der Waals surface area contributed by atoms with E-state index >= 15 is 0 Å². The first-order valence-electron chi connectivity index (χ1n) is 12.5. The SMILES string of the molecule is CCOc1cccc(Cn2ncc3c(N4CCN(C(=O)C5CCC(C)CC5)CC4)ncnc32)c1. The molecule has 2 fully saturated rings. The van der Waals surface area contributed by atoms with E-state index in [0.717, 1.165) is 73.1 Å². The van der Waals surface area contributed by atoms with E-state index in [1.165, 1.54) is 12.8 Å². The summed E-state index contributed by atoms with van der Waals surface area (Å²) in [7, 11) is 0. The summed E-state index contributed by atoms with van der Waals surface area (Å²) in [5.41, 5.74) is 1.93. The van der Waals surface area contributed by atoms with Crippen molar-refractivity contribution in [2.24, 2.45) is 11.8 Å². The summed E-state index contributed by atoms with van der Waals surface area (Å²) in [6.45, 7) is 8.58. The van der Waals surface area contributed by atoms with Crippen LogP contribution in [0.2, 0.25) is 0 Å². The van der Waals surface area contributed by atoms with E-state index in [1.807, 2.05) is 36.0 Å². The van der Waals surface area contributed by atoms with E-state index in [9.17, 15) is 4.79 Å².